The van der Waals surface area contributed by atoms with E-state index in [4.69, 9.17) is 16.7 Å². The first-order valence-electron chi connectivity index (χ1n) is 10.7. The van der Waals surface area contributed by atoms with Crippen molar-refractivity contribution in [2.45, 2.75) is 6.54 Å². The molecule has 1 fully saturated rings. The van der Waals surface area contributed by atoms with Crippen LogP contribution in [0.5, 0.6) is 0 Å². The summed E-state index contributed by atoms with van der Waals surface area (Å²) >= 11 is 6.88. The van der Waals surface area contributed by atoms with Crippen LogP contribution in [-0.2, 0) is 6.54 Å². The minimum Gasteiger partial charge on any atom is -0.304 e. The number of nitrogens with zero attached hydrogens (tertiary/aromatic N) is 6. The van der Waals surface area contributed by atoms with Gasteiger partial charge in [-0.25, -0.2) is 9.07 Å². The Morgan fingerprint density at radius 1 is 0.875 bits per heavy atom. The van der Waals surface area contributed by atoms with Crippen LogP contribution in [0.3, 0.4) is 0 Å². The lowest BCUT2D eigenvalue weighted by atomic mass is 10.1. The van der Waals surface area contributed by atoms with Crippen LogP contribution in [0.15, 0.2) is 54.6 Å². The van der Waals surface area contributed by atoms with Gasteiger partial charge >= 0.3 is 0 Å². The zero-order valence-electron chi connectivity index (χ0n) is 17.9. The Labute approximate surface area is 191 Å². The molecule has 1 saturated heterocycles. The smallest absolute Gasteiger partial charge is 0.182 e. The third-order valence-electron chi connectivity index (χ3n) is 5.97. The van der Waals surface area contributed by atoms with Crippen LogP contribution in [0.4, 0.5) is 4.39 Å². The number of fused-ring (bicyclic) bond motifs is 1. The molecular weight excluding hydrogens is 427 g/mol. The molecule has 6 nitrogen and oxygen atoms in total. The van der Waals surface area contributed by atoms with Crippen LogP contribution < -0.4 is 0 Å². The van der Waals surface area contributed by atoms with E-state index in [2.05, 4.69) is 27.0 Å². The Kier molecular flexibility index (Phi) is 5.87. The maximum absolute atomic E-state index is 14.0. The van der Waals surface area contributed by atoms with E-state index in [0.29, 0.717) is 39.6 Å². The van der Waals surface area contributed by atoms with Crippen LogP contribution in [-0.4, -0.2) is 69.5 Å². The molecule has 0 atom stereocenters. The van der Waals surface area contributed by atoms with E-state index in [1.54, 1.807) is 6.07 Å². The monoisotopic (exact) mass is 450 g/mol. The highest BCUT2D eigenvalue weighted by Crippen LogP contribution is 2.37. The van der Waals surface area contributed by atoms with Crippen LogP contribution >= 0.6 is 11.6 Å². The quantitative estimate of drug-likeness (QED) is 0.456. The zero-order valence-corrected chi connectivity index (χ0v) is 18.6. The number of rotatable bonds is 5. The SMILES string of the molecule is CN1CCN(CCn2nc(-c3cccc(F)c3)c3c(Cl)c(-c4ccccc4)nnc32)CC1. The fraction of sp³-hybridized carbons (Fsp3) is 0.292. The first kappa shape index (κ1) is 21.0. The van der Waals surface area contributed by atoms with Crippen molar-refractivity contribution in [3.05, 3.63) is 65.4 Å². The average Bonchev–Trinajstić information content (AvgIpc) is 3.19. The predicted octanol–water partition coefficient (Wildman–Crippen LogP) is 4.20. The molecule has 0 amide bonds. The highest BCUT2D eigenvalue weighted by molar-refractivity contribution is 6.38. The zero-order chi connectivity index (χ0) is 22.1. The Bertz CT molecular complexity index is 1230. The second-order valence-corrected chi connectivity index (χ2v) is 8.53. The topological polar surface area (TPSA) is 50.1 Å². The fourth-order valence-corrected chi connectivity index (χ4v) is 4.42. The van der Waals surface area contributed by atoms with Gasteiger partial charge in [0.05, 0.1) is 17.0 Å². The van der Waals surface area contributed by atoms with Gasteiger partial charge in [-0.3, -0.25) is 4.90 Å². The van der Waals surface area contributed by atoms with Crippen LogP contribution in [0.2, 0.25) is 5.02 Å². The Morgan fingerprint density at radius 2 is 1.62 bits per heavy atom. The minimum absolute atomic E-state index is 0.316. The highest BCUT2D eigenvalue weighted by Gasteiger charge is 2.22. The van der Waals surface area contributed by atoms with Gasteiger partial charge in [-0.2, -0.15) is 5.10 Å². The van der Waals surface area contributed by atoms with Crippen molar-refractivity contribution in [2.24, 2.45) is 0 Å². The van der Waals surface area contributed by atoms with Crippen molar-refractivity contribution in [1.29, 1.82) is 0 Å². The molecule has 0 aliphatic carbocycles. The van der Waals surface area contributed by atoms with Gasteiger partial charge in [0.25, 0.3) is 0 Å². The van der Waals surface area contributed by atoms with E-state index < -0.39 is 0 Å². The number of piperazine rings is 1. The van der Waals surface area contributed by atoms with E-state index in [1.807, 2.05) is 41.1 Å². The average molecular weight is 451 g/mol. The maximum atomic E-state index is 14.0. The minimum atomic E-state index is -0.316. The molecule has 2 aromatic heterocycles. The number of hydrogen-bond acceptors (Lipinski definition) is 5. The van der Waals surface area contributed by atoms with E-state index in [9.17, 15) is 4.39 Å². The molecule has 0 bridgehead atoms. The summed E-state index contributed by atoms with van der Waals surface area (Å²) in [5, 5.41) is 14.9. The normalized spacial score (nSPS) is 15.5. The number of likely N-dealkylation sites (N-methyl/N-ethyl adjacent to an activating group) is 1. The Balaban J connectivity index is 1.58. The first-order valence-corrected chi connectivity index (χ1v) is 11.1. The molecule has 0 spiro atoms. The standard InChI is InChI=1S/C24H24ClFN6/c1-30-10-12-31(13-11-30)14-15-32-24-20(22(29-32)18-8-5-9-19(26)16-18)21(25)23(27-28-24)17-6-3-2-4-7-17/h2-9,16H,10-15H2,1H3. The Morgan fingerprint density at radius 3 is 2.38 bits per heavy atom. The second kappa shape index (κ2) is 8.94. The van der Waals surface area contributed by atoms with Crippen molar-refractivity contribution in [3.8, 4) is 22.5 Å². The molecule has 164 valence electrons. The lowest BCUT2D eigenvalue weighted by Gasteiger charge is -2.32. The number of benzene rings is 2. The van der Waals surface area contributed by atoms with Gasteiger partial charge in [0.2, 0.25) is 0 Å². The first-order chi connectivity index (χ1) is 15.6. The number of hydrogen-bond donors (Lipinski definition) is 0. The third-order valence-corrected chi connectivity index (χ3v) is 6.33. The van der Waals surface area contributed by atoms with Crippen LogP contribution in [0, 0.1) is 5.82 Å². The molecule has 3 heterocycles. The molecule has 5 rings (SSSR count). The summed E-state index contributed by atoms with van der Waals surface area (Å²) in [6, 6.07) is 16.1. The molecule has 0 N–H and O–H groups in total. The van der Waals surface area contributed by atoms with Gasteiger partial charge in [-0.05, 0) is 19.2 Å². The van der Waals surface area contributed by atoms with Crippen molar-refractivity contribution in [1.82, 2.24) is 29.8 Å². The van der Waals surface area contributed by atoms with Gasteiger partial charge in [0.1, 0.15) is 17.2 Å². The van der Waals surface area contributed by atoms with E-state index in [1.165, 1.54) is 12.1 Å². The van der Waals surface area contributed by atoms with E-state index >= 15 is 0 Å². The summed E-state index contributed by atoms with van der Waals surface area (Å²) in [5.41, 5.74) is 3.37. The third kappa shape index (κ3) is 4.11. The number of aromatic nitrogens is 4. The molecule has 1 aliphatic rings. The highest BCUT2D eigenvalue weighted by atomic mass is 35.5. The summed E-state index contributed by atoms with van der Waals surface area (Å²) in [6.45, 7) is 5.67. The summed E-state index contributed by atoms with van der Waals surface area (Å²) in [6.07, 6.45) is 0. The summed E-state index contributed by atoms with van der Waals surface area (Å²) in [5.74, 6) is -0.316. The van der Waals surface area contributed by atoms with Gasteiger partial charge in [0, 0.05) is 43.9 Å². The molecule has 0 saturated carbocycles. The number of halogens is 2. The van der Waals surface area contributed by atoms with Gasteiger partial charge in [0.15, 0.2) is 5.65 Å². The molecule has 32 heavy (non-hydrogen) atoms. The lowest BCUT2D eigenvalue weighted by molar-refractivity contribution is 0.149. The van der Waals surface area contributed by atoms with Crippen LogP contribution in [0.25, 0.3) is 33.5 Å². The van der Waals surface area contributed by atoms with Crippen molar-refractivity contribution < 1.29 is 4.39 Å². The molecule has 0 unspecified atom stereocenters. The van der Waals surface area contributed by atoms with E-state index in [0.717, 1.165) is 38.3 Å². The van der Waals surface area contributed by atoms with Gasteiger partial charge < -0.3 is 4.90 Å². The molecule has 4 aromatic rings. The lowest BCUT2D eigenvalue weighted by Crippen LogP contribution is -2.45. The van der Waals surface area contributed by atoms with Crippen molar-refractivity contribution in [2.75, 3.05) is 39.8 Å². The maximum Gasteiger partial charge on any atom is 0.182 e. The van der Waals surface area contributed by atoms with Crippen molar-refractivity contribution >= 4 is 22.6 Å². The molecule has 2 aromatic carbocycles. The molecule has 1 aliphatic heterocycles. The fourth-order valence-electron chi connectivity index (χ4n) is 4.10. The van der Waals surface area contributed by atoms with Gasteiger partial charge in [-0.1, -0.05) is 54.1 Å². The molecule has 0 radical (unpaired) electrons. The largest absolute Gasteiger partial charge is 0.304 e. The summed E-state index contributed by atoms with van der Waals surface area (Å²) in [4.78, 5) is 4.75. The summed E-state index contributed by atoms with van der Waals surface area (Å²) in [7, 11) is 2.14. The van der Waals surface area contributed by atoms with Crippen LogP contribution in [0.1, 0.15) is 0 Å². The van der Waals surface area contributed by atoms with E-state index in [-0.39, 0.29) is 5.82 Å². The predicted molar refractivity (Wildman–Crippen MR) is 125 cm³/mol. The van der Waals surface area contributed by atoms with Gasteiger partial charge in [-0.15, -0.1) is 10.2 Å². The van der Waals surface area contributed by atoms with Crippen molar-refractivity contribution in [3.63, 3.8) is 0 Å². The Hall–Kier alpha value is -2.87. The molecular formula is C24H24ClFN6. The second-order valence-electron chi connectivity index (χ2n) is 8.15. The molecule has 8 heteroatoms. The summed E-state index contributed by atoms with van der Waals surface area (Å²) < 4.78 is 15.9.